The minimum atomic E-state index is -5.00. The molecular weight excluding hydrogens is 422 g/mol. The number of anilines is 1. The summed E-state index contributed by atoms with van der Waals surface area (Å²) in [5.74, 6) is -0.0972. The molecule has 5 nitrogen and oxygen atoms in total. The molecule has 30 heavy (non-hydrogen) atoms. The molecule has 0 amide bonds. The van der Waals surface area contributed by atoms with E-state index in [-0.39, 0.29) is 10.8 Å². The second-order valence-corrected chi connectivity index (χ2v) is 7.41. The second-order valence-electron chi connectivity index (χ2n) is 6.57. The zero-order chi connectivity index (χ0) is 21.5. The standard InChI is InChI=1S/C20H15F4N3O2S/c1-29-17-5-3-2-4-14(17)15-10-19(28,20(22,23)24)27(26-15)18-25-16(11-30-18)12-6-8-13(21)9-7-12/h2-9,11,28H,10H2,1H3/t19-/m0/s1. The number of hydrazone groups is 1. The largest absolute Gasteiger partial charge is 0.496 e. The van der Waals surface area contributed by atoms with E-state index in [1.807, 2.05) is 0 Å². The first kappa shape index (κ1) is 20.3. The Labute approximate surface area is 172 Å². The van der Waals surface area contributed by atoms with Crippen molar-refractivity contribution in [1.82, 2.24) is 4.98 Å². The van der Waals surface area contributed by atoms with Crippen molar-refractivity contribution in [1.29, 1.82) is 0 Å². The number of ether oxygens (including phenoxy) is 1. The third-order valence-electron chi connectivity index (χ3n) is 4.67. The number of nitrogens with zero attached hydrogens (tertiary/aromatic N) is 3. The normalized spacial score (nSPS) is 19.1. The van der Waals surface area contributed by atoms with Gasteiger partial charge < -0.3 is 9.84 Å². The molecule has 0 unspecified atom stereocenters. The van der Waals surface area contributed by atoms with Crippen molar-refractivity contribution in [3.63, 3.8) is 0 Å². The third-order valence-corrected chi connectivity index (χ3v) is 5.49. The summed E-state index contributed by atoms with van der Waals surface area (Å²) in [6.45, 7) is 0. The van der Waals surface area contributed by atoms with Gasteiger partial charge in [-0.25, -0.2) is 9.37 Å². The molecule has 3 aromatic rings. The molecule has 0 aliphatic carbocycles. The number of halogens is 4. The van der Waals surface area contributed by atoms with Gasteiger partial charge in [0.05, 0.1) is 24.9 Å². The van der Waals surface area contributed by atoms with Gasteiger partial charge in [-0.15, -0.1) is 11.3 Å². The lowest BCUT2D eigenvalue weighted by Gasteiger charge is -2.32. The van der Waals surface area contributed by atoms with E-state index in [1.165, 1.54) is 36.8 Å². The number of methoxy groups -OCH3 is 1. The molecule has 0 saturated carbocycles. The maximum atomic E-state index is 13.9. The Bertz CT molecular complexity index is 1100. The van der Waals surface area contributed by atoms with Gasteiger partial charge in [0, 0.05) is 16.5 Å². The number of rotatable bonds is 4. The van der Waals surface area contributed by atoms with Gasteiger partial charge in [-0.05, 0) is 36.4 Å². The van der Waals surface area contributed by atoms with Gasteiger partial charge in [-0.1, -0.05) is 12.1 Å². The highest BCUT2D eigenvalue weighted by Gasteiger charge is 2.62. The highest BCUT2D eigenvalue weighted by molar-refractivity contribution is 7.14. The third kappa shape index (κ3) is 3.41. The molecule has 2 heterocycles. The van der Waals surface area contributed by atoms with Crippen LogP contribution in [0.25, 0.3) is 11.3 Å². The quantitative estimate of drug-likeness (QED) is 0.595. The van der Waals surface area contributed by atoms with E-state index in [4.69, 9.17) is 4.74 Å². The molecule has 1 atom stereocenters. The molecule has 2 aromatic carbocycles. The Kier molecular flexibility index (Phi) is 4.99. The Morgan fingerprint density at radius 3 is 2.50 bits per heavy atom. The van der Waals surface area contributed by atoms with Gasteiger partial charge >= 0.3 is 6.18 Å². The Hall–Kier alpha value is -2.98. The van der Waals surface area contributed by atoms with Crippen molar-refractivity contribution in [2.24, 2.45) is 5.10 Å². The van der Waals surface area contributed by atoms with Crippen molar-refractivity contribution in [3.8, 4) is 17.0 Å². The van der Waals surface area contributed by atoms with E-state index in [1.54, 1.807) is 24.3 Å². The summed E-state index contributed by atoms with van der Waals surface area (Å²) in [5, 5.41) is 16.6. The number of aromatic nitrogens is 1. The van der Waals surface area contributed by atoms with Crippen LogP contribution in [-0.4, -0.2) is 34.8 Å². The number of hydrogen-bond donors (Lipinski definition) is 1. The second kappa shape index (κ2) is 7.37. The summed E-state index contributed by atoms with van der Waals surface area (Å²) in [4.78, 5) is 4.20. The molecule has 1 aromatic heterocycles. The summed E-state index contributed by atoms with van der Waals surface area (Å²) in [6, 6.07) is 11.9. The number of aliphatic hydroxyl groups is 1. The van der Waals surface area contributed by atoms with Crippen LogP contribution in [0.15, 0.2) is 59.0 Å². The lowest BCUT2D eigenvalue weighted by atomic mass is 10.0. The van der Waals surface area contributed by atoms with E-state index in [2.05, 4.69) is 10.1 Å². The summed E-state index contributed by atoms with van der Waals surface area (Å²) in [7, 11) is 1.40. The maximum absolute atomic E-state index is 13.9. The molecular formula is C20H15F4N3O2S. The van der Waals surface area contributed by atoms with E-state index >= 15 is 0 Å². The molecule has 1 N–H and O–H groups in total. The number of thiazole rings is 1. The Morgan fingerprint density at radius 2 is 1.83 bits per heavy atom. The number of alkyl halides is 3. The molecule has 1 aliphatic rings. The van der Waals surface area contributed by atoms with Crippen LogP contribution >= 0.6 is 11.3 Å². The predicted octanol–water partition coefficient (Wildman–Crippen LogP) is 4.82. The maximum Gasteiger partial charge on any atom is 0.438 e. The van der Waals surface area contributed by atoms with Crippen LogP contribution in [-0.2, 0) is 0 Å². The van der Waals surface area contributed by atoms with Crippen LogP contribution in [0.5, 0.6) is 5.75 Å². The molecule has 0 saturated heterocycles. The topological polar surface area (TPSA) is 58.0 Å². The lowest BCUT2D eigenvalue weighted by molar-refractivity contribution is -0.254. The van der Waals surface area contributed by atoms with E-state index < -0.39 is 24.1 Å². The number of para-hydroxylation sites is 1. The molecule has 0 fully saturated rings. The van der Waals surface area contributed by atoms with Crippen LogP contribution in [0.4, 0.5) is 22.7 Å². The molecule has 4 rings (SSSR count). The first-order chi connectivity index (χ1) is 14.2. The minimum Gasteiger partial charge on any atom is -0.496 e. The van der Waals surface area contributed by atoms with E-state index in [9.17, 15) is 22.7 Å². The fourth-order valence-electron chi connectivity index (χ4n) is 3.12. The molecule has 156 valence electrons. The van der Waals surface area contributed by atoms with Gasteiger partial charge in [-0.3, -0.25) is 0 Å². The molecule has 0 bridgehead atoms. The monoisotopic (exact) mass is 437 g/mol. The van der Waals surface area contributed by atoms with Crippen LogP contribution in [0, 0.1) is 5.82 Å². The average molecular weight is 437 g/mol. The van der Waals surface area contributed by atoms with Crippen molar-refractivity contribution < 1.29 is 27.4 Å². The summed E-state index contributed by atoms with van der Waals surface area (Å²) in [5.41, 5.74) is -2.02. The number of hydrogen-bond acceptors (Lipinski definition) is 6. The van der Waals surface area contributed by atoms with Crippen molar-refractivity contribution in [3.05, 3.63) is 65.3 Å². The zero-order valence-electron chi connectivity index (χ0n) is 15.5. The van der Waals surface area contributed by atoms with Gasteiger partial charge in [0.2, 0.25) is 5.13 Å². The summed E-state index contributed by atoms with van der Waals surface area (Å²) in [6.07, 6.45) is -5.79. The first-order valence-electron chi connectivity index (χ1n) is 8.74. The van der Waals surface area contributed by atoms with Crippen molar-refractivity contribution in [2.45, 2.75) is 18.3 Å². The first-order valence-corrected chi connectivity index (χ1v) is 9.62. The Morgan fingerprint density at radius 1 is 1.13 bits per heavy atom. The van der Waals surface area contributed by atoms with E-state index in [0.717, 1.165) is 11.3 Å². The van der Waals surface area contributed by atoms with E-state index in [0.29, 0.717) is 27.6 Å². The highest BCUT2D eigenvalue weighted by atomic mass is 32.1. The minimum absolute atomic E-state index is 0.0193. The molecule has 0 radical (unpaired) electrons. The Balaban J connectivity index is 1.77. The van der Waals surface area contributed by atoms with Gasteiger partial charge in [0.15, 0.2) is 0 Å². The fraction of sp³-hybridized carbons (Fsp3) is 0.200. The SMILES string of the molecule is COc1ccccc1C1=NN(c2nc(-c3ccc(F)cc3)cs2)[C@@](O)(C(F)(F)F)C1. The number of benzene rings is 2. The molecule has 10 heteroatoms. The zero-order valence-corrected chi connectivity index (χ0v) is 16.3. The van der Waals surface area contributed by atoms with Gasteiger partial charge in [0.1, 0.15) is 11.6 Å². The van der Waals surface area contributed by atoms with Crippen LogP contribution in [0.3, 0.4) is 0 Å². The highest BCUT2D eigenvalue weighted by Crippen LogP contribution is 2.45. The molecule has 0 spiro atoms. The summed E-state index contributed by atoms with van der Waals surface area (Å²) < 4.78 is 60.0. The lowest BCUT2D eigenvalue weighted by Crippen LogP contribution is -2.55. The van der Waals surface area contributed by atoms with Crippen LogP contribution < -0.4 is 9.75 Å². The predicted molar refractivity (Wildman–Crippen MR) is 105 cm³/mol. The molecule has 1 aliphatic heterocycles. The summed E-state index contributed by atoms with van der Waals surface area (Å²) >= 11 is 0.894. The van der Waals surface area contributed by atoms with Gasteiger partial charge in [-0.2, -0.15) is 23.3 Å². The van der Waals surface area contributed by atoms with Gasteiger partial charge in [0.25, 0.3) is 5.72 Å². The van der Waals surface area contributed by atoms with Crippen LogP contribution in [0.1, 0.15) is 12.0 Å². The van der Waals surface area contributed by atoms with Crippen molar-refractivity contribution in [2.75, 3.05) is 12.1 Å². The average Bonchev–Trinajstić information content (AvgIpc) is 3.33. The fourth-order valence-corrected chi connectivity index (χ4v) is 3.96. The van der Waals surface area contributed by atoms with Crippen molar-refractivity contribution >= 4 is 22.2 Å². The van der Waals surface area contributed by atoms with Crippen LogP contribution in [0.2, 0.25) is 0 Å². The smallest absolute Gasteiger partial charge is 0.438 e.